The van der Waals surface area contributed by atoms with Gasteiger partial charge in [-0.3, -0.25) is 0 Å². The van der Waals surface area contributed by atoms with Gasteiger partial charge in [0.1, 0.15) is 0 Å². The molecule has 0 saturated heterocycles. The molecule has 0 spiro atoms. The fraction of sp³-hybridized carbons (Fsp3) is 0.125. The molecule has 4 N–H and O–H groups in total. The molecule has 0 aliphatic heterocycles. The monoisotopic (exact) mass is 215 g/mol. The number of nitrogens with two attached hydrogens (primary N) is 1. The third-order valence-corrected chi connectivity index (χ3v) is 1.97. The maximum atomic E-state index is 5.79. The van der Waals surface area contributed by atoms with Crippen molar-refractivity contribution in [3.05, 3.63) is 34.9 Å². The van der Waals surface area contributed by atoms with E-state index in [0.717, 1.165) is 5.56 Å². The third kappa shape index (κ3) is 3.59. The highest BCUT2D eigenvalue weighted by Crippen LogP contribution is 2.09. The molecular weight excluding hydrogens is 206 g/mol. The number of benzene rings is 1. The van der Waals surface area contributed by atoms with Gasteiger partial charge in [0, 0.05) is 11.6 Å². The van der Waals surface area contributed by atoms with Crippen molar-refractivity contribution in [1.82, 2.24) is 10.7 Å². The van der Waals surface area contributed by atoms with Gasteiger partial charge >= 0.3 is 0 Å². The molecule has 5 heteroatoms. The van der Waals surface area contributed by atoms with E-state index in [4.69, 9.17) is 29.7 Å². The Morgan fingerprint density at radius 2 is 2.31 bits per heavy atom. The highest BCUT2D eigenvalue weighted by Gasteiger charge is 1.94. The summed E-state index contributed by atoms with van der Waals surface area (Å²) in [5.41, 5.74) is 3.40. The fourth-order valence-electron chi connectivity index (χ4n) is 0.880. The Hall–Kier alpha value is -0.840. The molecule has 1 aromatic rings. The molecule has 13 heavy (non-hydrogen) atoms. The van der Waals surface area contributed by atoms with E-state index in [0.29, 0.717) is 16.7 Å². The smallest absolute Gasteiger partial charge is 0.180 e. The minimum absolute atomic E-state index is 0.417. The first-order chi connectivity index (χ1) is 6.22. The number of hydrogen-bond acceptors (Lipinski definition) is 2. The van der Waals surface area contributed by atoms with Gasteiger partial charge < -0.3 is 10.7 Å². The molecule has 0 radical (unpaired) electrons. The van der Waals surface area contributed by atoms with E-state index in [-0.39, 0.29) is 0 Å². The Morgan fingerprint density at radius 3 is 2.92 bits per heavy atom. The number of rotatable bonds is 2. The number of hydrazine groups is 1. The molecule has 0 aliphatic rings. The molecule has 0 aliphatic carbocycles. The number of halogens is 1. The van der Waals surface area contributed by atoms with E-state index >= 15 is 0 Å². The standard InChI is InChI=1S/C8H10ClN3S/c9-7-3-1-2-6(4-7)5-11-8(13)12-10/h1-4H,5,10H2,(H2,11,12,13). The van der Waals surface area contributed by atoms with E-state index < -0.39 is 0 Å². The average Bonchev–Trinajstić information content (AvgIpc) is 2.14. The molecule has 0 fully saturated rings. The van der Waals surface area contributed by atoms with Crippen LogP contribution in [0.1, 0.15) is 5.56 Å². The van der Waals surface area contributed by atoms with Gasteiger partial charge in [0.25, 0.3) is 0 Å². The molecule has 0 heterocycles. The van der Waals surface area contributed by atoms with Crippen LogP contribution in [0, 0.1) is 0 Å². The fourth-order valence-corrected chi connectivity index (χ4v) is 1.17. The summed E-state index contributed by atoms with van der Waals surface area (Å²) in [6.45, 7) is 0.615. The summed E-state index contributed by atoms with van der Waals surface area (Å²) in [6, 6.07) is 7.54. The SMILES string of the molecule is NNC(=S)NCc1cccc(Cl)c1. The summed E-state index contributed by atoms with van der Waals surface area (Å²) in [6.07, 6.45) is 0. The molecule has 3 nitrogen and oxygen atoms in total. The lowest BCUT2D eigenvalue weighted by Crippen LogP contribution is -2.39. The largest absolute Gasteiger partial charge is 0.358 e. The minimum Gasteiger partial charge on any atom is -0.358 e. The maximum Gasteiger partial charge on any atom is 0.180 e. The molecule has 1 rings (SSSR count). The molecule has 1 aromatic carbocycles. The normalized spacial score (nSPS) is 9.38. The van der Waals surface area contributed by atoms with Crippen molar-refractivity contribution in [3.8, 4) is 0 Å². The van der Waals surface area contributed by atoms with Crippen LogP contribution in [0.15, 0.2) is 24.3 Å². The first-order valence-corrected chi connectivity index (χ1v) is 4.50. The molecule has 0 bridgehead atoms. The summed E-state index contributed by atoms with van der Waals surface area (Å²) in [4.78, 5) is 0. The van der Waals surface area contributed by atoms with Crippen LogP contribution >= 0.6 is 23.8 Å². The highest BCUT2D eigenvalue weighted by atomic mass is 35.5. The van der Waals surface area contributed by atoms with Crippen molar-refractivity contribution in [2.24, 2.45) is 5.84 Å². The second kappa shape index (κ2) is 5.01. The number of nitrogens with one attached hydrogen (secondary N) is 2. The van der Waals surface area contributed by atoms with Crippen LogP contribution in [-0.4, -0.2) is 5.11 Å². The van der Waals surface area contributed by atoms with Gasteiger partial charge in [-0.15, -0.1) is 0 Å². The zero-order chi connectivity index (χ0) is 9.68. The summed E-state index contributed by atoms with van der Waals surface area (Å²) in [5, 5.41) is 4.04. The van der Waals surface area contributed by atoms with Crippen LogP contribution in [0.3, 0.4) is 0 Å². The summed E-state index contributed by atoms with van der Waals surface area (Å²) in [7, 11) is 0. The lowest BCUT2D eigenvalue weighted by atomic mass is 10.2. The van der Waals surface area contributed by atoms with E-state index in [1.54, 1.807) is 0 Å². The molecule has 0 aromatic heterocycles. The van der Waals surface area contributed by atoms with Crippen molar-refractivity contribution in [3.63, 3.8) is 0 Å². The molecule has 0 saturated carbocycles. The van der Waals surface area contributed by atoms with Gasteiger partial charge in [0.15, 0.2) is 5.11 Å². The zero-order valence-electron chi connectivity index (χ0n) is 6.88. The van der Waals surface area contributed by atoms with Crippen LogP contribution < -0.4 is 16.6 Å². The van der Waals surface area contributed by atoms with Gasteiger partial charge in [-0.25, -0.2) is 5.84 Å². The molecule has 0 atom stereocenters. The second-order valence-corrected chi connectivity index (χ2v) is 3.30. The summed E-state index contributed by atoms with van der Waals surface area (Å²) in [5.74, 6) is 5.09. The van der Waals surface area contributed by atoms with Crippen LogP contribution in [0.2, 0.25) is 5.02 Å². The second-order valence-electron chi connectivity index (χ2n) is 2.46. The van der Waals surface area contributed by atoms with Gasteiger partial charge in [-0.1, -0.05) is 23.7 Å². The molecule has 0 amide bonds. The van der Waals surface area contributed by atoms with Crippen LogP contribution in [-0.2, 0) is 6.54 Å². The number of hydrogen-bond donors (Lipinski definition) is 3. The van der Waals surface area contributed by atoms with Crippen LogP contribution in [0.4, 0.5) is 0 Å². The van der Waals surface area contributed by atoms with Crippen molar-refractivity contribution in [2.45, 2.75) is 6.54 Å². The topological polar surface area (TPSA) is 50.1 Å². The van der Waals surface area contributed by atoms with Crippen LogP contribution in [0.5, 0.6) is 0 Å². The molecule has 0 unspecified atom stereocenters. The summed E-state index contributed by atoms with van der Waals surface area (Å²) >= 11 is 10.6. The van der Waals surface area contributed by atoms with Gasteiger partial charge in [0.2, 0.25) is 0 Å². The predicted molar refractivity (Wildman–Crippen MR) is 58.2 cm³/mol. The van der Waals surface area contributed by atoms with Crippen molar-refractivity contribution in [1.29, 1.82) is 0 Å². The Labute approximate surface area is 87.2 Å². The quantitative estimate of drug-likeness (QED) is 0.394. The predicted octanol–water partition coefficient (Wildman–Crippen LogP) is 1.18. The van der Waals surface area contributed by atoms with Gasteiger partial charge in [0.05, 0.1) is 0 Å². The minimum atomic E-state index is 0.417. The Morgan fingerprint density at radius 1 is 1.54 bits per heavy atom. The Balaban J connectivity index is 2.50. The molecular formula is C8H10ClN3S. The van der Waals surface area contributed by atoms with Crippen LogP contribution in [0.25, 0.3) is 0 Å². The first kappa shape index (κ1) is 10.2. The average molecular weight is 216 g/mol. The molecule has 70 valence electrons. The summed E-state index contributed by atoms with van der Waals surface area (Å²) < 4.78 is 0. The number of thiocarbonyl (C=S) groups is 1. The van der Waals surface area contributed by atoms with Crippen molar-refractivity contribution >= 4 is 28.9 Å². The van der Waals surface area contributed by atoms with Crippen molar-refractivity contribution in [2.75, 3.05) is 0 Å². The first-order valence-electron chi connectivity index (χ1n) is 3.71. The Bertz CT molecular complexity index is 303. The van der Waals surface area contributed by atoms with Gasteiger partial charge in [-0.2, -0.15) is 0 Å². The highest BCUT2D eigenvalue weighted by molar-refractivity contribution is 7.80. The maximum absolute atomic E-state index is 5.79. The van der Waals surface area contributed by atoms with E-state index in [2.05, 4.69) is 10.7 Å². The lowest BCUT2D eigenvalue weighted by molar-refractivity contribution is 0.866. The van der Waals surface area contributed by atoms with E-state index in [1.807, 2.05) is 24.3 Å². The van der Waals surface area contributed by atoms with E-state index in [9.17, 15) is 0 Å². The third-order valence-electron chi connectivity index (χ3n) is 1.47. The van der Waals surface area contributed by atoms with Gasteiger partial charge in [-0.05, 0) is 29.9 Å². The lowest BCUT2D eigenvalue weighted by Gasteiger charge is -2.06. The Kier molecular flexibility index (Phi) is 3.95. The van der Waals surface area contributed by atoms with Crippen molar-refractivity contribution < 1.29 is 0 Å². The zero-order valence-corrected chi connectivity index (χ0v) is 8.45. The van der Waals surface area contributed by atoms with E-state index in [1.165, 1.54) is 0 Å².